The van der Waals surface area contributed by atoms with Gasteiger partial charge in [0, 0.05) is 24.8 Å². The number of para-hydroxylation sites is 1. The highest BCUT2D eigenvalue weighted by Gasteiger charge is 2.26. The van der Waals surface area contributed by atoms with Crippen LogP contribution in [0.25, 0.3) is 11.3 Å². The third-order valence-corrected chi connectivity index (χ3v) is 5.63. The Hall–Kier alpha value is -4.21. The van der Waals surface area contributed by atoms with Crippen molar-refractivity contribution in [2.75, 3.05) is 36.1 Å². The highest BCUT2D eigenvalue weighted by Crippen LogP contribution is 2.31. The summed E-state index contributed by atoms with van der Waals surface area (Å²) < 4.78 is 5.38. The minimum Gasteiger partial charge on any atom is -0.496 e. The number of nitrogens with zero attached hydrogens (tertiary/aromatic N) is 4. The number of anilines is 3. The molecule has 0 radical (unpaired) electrons. The van der Waals surface area contributed by atoms with Crippen LogP contribution in [-0.2, 0) is 4.79 Å². The second-order valence-corrected chi connectivity index (χ2v) is 7.64. The van der Waals surface area contributed by atoms with Gasteiger partial charge in [-0.25, -0.2) is 9.97 Å². The van der Waals surface area contributed by atoms with E-state index in [4.69, 9.17) is 10.5 Å². The van der Waals surface area contributed by atoms with Crippen LogP contribution in [0.3, 0.4) is 0 Å². The first-order valence-electron chi connectivity index (χ1n) is 10.5. The SMILES string of the molecule is COc1ccccc1-c1cnc(N)c(C(=O)Nc2cnccc2N2CCC(C(=O)O)CC2)n1. The summed E-state index contributed by atoms with van der Waals surface area (Å²) in [5, 5.41) is 12.1. The number of ether oxygens (including phenoxy) is 1. The highest BCUT2D eigenvalue weighted by molar-refractivity contribution is 6.07. The van der Waals surface area contributed by atoms with Crippen LogP contribution < -0.4 is 20.7 Å². The van der Waals surface area contributed by atoms with E-state index in [1.165, 1.54) is 6.20 Å². The number of carboxylic acid groups (broad SMARTS) is 1. The molecule has 0 spiro atoms. The molecule has 1 aliphatic heterocycles. The molecule has 1 fully saturated rings. The lowest BCUT2D eigenvalue weighted by molar-refractivity contribution is -0.142. The number of aliphatic carboxylic acids is 1. The normalized spacial score (nSPS) is 14.0. The van der Waals surface area contributed by atoms with Crippen molar-refractivity contribution in [1.29, 1.82) is 0 Å². The number of carboxylic acids is 1. The number of amides is 1. The quantitative estimate of drug-likeness (QED) is 0.518. The first kappa shape index (κ1) is 22.0. The predicted molar refractivity (Wildman–Crippen MR) is 123 cm³/mol. The van der Waals surface area contributed by atoms with Gasteiger partial charge in [-0.3, -0.25) is 14.6 Å². The molecule has 1 aromatic carbocycles. The van der Waals surface area contributed by atoms with E-state index in [1.54, 1.807) is 31.6 Å². The van der Waals surface area contributed by atoms with Crippen molar-refractivity contribution in [2.45, 2.75) is 12.8 Å². The fourth-order valence-electron chi connectivity index (χ4n) is 3.86. The Balaban J connectivity index is 1.58. The van der Waals surface area contributed by atoms with E-state index in [1.807, 2.05) is 23.1 Å². The number of aromatic nitrogens is 3. The van der Waals surface area contributed by atoms with Gasteiger partial charge in [-0.2, -0.15) is 0 Å². The van der Waals surface area contributed by atoms with Crippen LogP contribution in [0.2, 0.25) is 0 Å². The molecule has 0 bridgehead atoms. The number of piperidine rings is 1. The minimum absolute atomic E-state index is 0.00105. The summed E-state index contributed by atoms with van der Waals surface area (Å²) in [6, 6.07) is 9.08. The lowest BCUT2D eigenvalue weighted by Gasteiger charge is -2.33. The largest absolute Gasteiger partial charge is 0.496 e. The van der Waals surface area contributed by atoms with Crippen molar-refractivity contribution in [2.24, 2.45) is 5.92 Å². The van der Waals surface area contributed by atoms with Crippen LogP contribution in [0.15, 0.2) is 48.9 Å². The molecule has 10 nitrogen and oxygen atoms in total. The Bertz CT molecular complexity index is 1180. The molecule has 2 aromatic heterocycles. The van der Waals surface area contributed by atoms with Crippen molar-refractivity contribution in [1.82, 2.24) is 15.0 Å². The second-order valence-electron chi connectivity index (χ2n) is 7.64. The predicted octanol–water partition coefficient (Wildman–Crippen LogP) is 2.68. The molecule has 4 rings (SSSR count). The summed E-state index contributed by atoms with van der Waals surface area (Å²) in [7, 11) is 1.56. The van der Waals surface area contributed by atoms with Crippen LogP contribution >= 0.6 is 0 Å². The van der Waals surface area contributed by atoms with Crippen LogP contribution in [-0.4, -0.2) is 52.1 Å². The third kappa shape index (κ3) is 4.69. The van der Waals surface area contributed by atoms with E-state index >= 15 is 0 Å². The summed E-state index contributed by atoms with van der Waals surface area (Å²) in [6.07, 6.45) is 5.73. The number of hydrogen-bond donors (Lipinski definition) is 3. The van der Waals surface area contributed by atoms with E-state index in [-0.39, 0.29) is 17.4 Å². The Labute approximate surface area is 190 Å². The molecular formula is C23H24N6O4. The van der Waals surface area contributed by atoms with E-state index in [9.17, 15) is 14.7 Å². The van der Waals surface area contributed by atoms with Crippen molar-refractivity contribution >= 4 is 29.1 Å². The summed E-state index contributed by atoms with van der Waals surface area (Å²) >= 11 is 0. The lowest BCUT2D eigenvalue weighted by atomic mass is 9.97. The zero-order chi connectivity index (χ0) is 23.4. The summed E-state index contributed by atoms with van der Waals surface area (Å²) in [6.45, 7) is 1.13. The molecule has 10 heteroatoms. The number of carbonyl (C=O) groups excluding carboxylic acids is 1. The molecule has 1 amide bonds. The fraction of sp³-hybridized carbons (Fsp3) is 0.261. The first-order chi connectivity index (χ1) is 16.0. The van der Waals surface area contributed by atoms with Gasteiger partial charge < -0.3 is 25.8 Å². The molecule has 1 saturated heterocycles. The van der Waals surface area contributed by atoms with Crippen molar-refractivity contribution in [3.8, 4) is 17.0 Å². The molecule has 3 aromatic rings. The zero-order valence-electron chi connectivity index (χ0n) is 18.1. The molecule has 170 valence electrons. The zero-order valence-corrected chi connectivity index (χ0v) is 18.1. The smallest absolute Gasteiger partial charge is 0.306 e. The van der Waals surface area contributed by atoms with Crippen molar-refractivity contribution in [3.05, 3.63) is 54.6 Å². The lowest BCUT2D eigenvalue weighted by Crippen LogP contribution is -2.36. The van der Waals surface area contributed by atoms with Gasteiger partial charge in [0.1, 0.15) is 5.75 Å². The number of nitrogens with two attached hydrogens (primary N) is 1. The number of methoxy groups -OCH3 is 1. The Morgan fingerprint density at radius 1 is 1.18 bits per heavy atom. The van der Waals surface area contributed by atoms with E-state index in [0.717, 1.165) is 5.69 Å². The molecule has 0 atom stereocenters. The number of nitrogen functional groups attached to an aromatic ring is 1. The summed E-state index contributed by atoms with van der Waals surface area (Å²) in [5.41, 5.74) is 8.34. The van der Waals surface area contributed by atoms with Gasteiger partial charge in [0.25, 0.3) is 5.91 Å². The molecule has 33 heavy (non-hydrogen) atoms. The van der Waals surface area contributed by atoms with Gasteiger partial charge in [0.15, 0.2) is 11.5 Å². The van der Waals surface area contributed by atoms with Gasteiger partial charge in [-0.1, -0.05) is 12.1 Å². The van der Waals surface area contributed by atoms with E-state index in [2.05, 4.69) is 20.3 Å². The Morgan fingerprint density at radius 2 is 1.94 bits per heavy atom. The number of benzene rings is 1. The topological polar surface area (TPSA) is 144 Å². The second kappa shape index (κ2) is 9.51. The van der Waals surface area contributed by atoms with Gasteiger partial charge in [-0.05, 0) is 31.0 Å². The maximum Gasteiger partial charge on any atom is 0.306 e. The van der Waals surface area contributed by atoms with Gasteiger partial charge >= 0.3 is 5.97 Å². The third-order valence-electron chi connectivity index (χ3n) is 5.63. The summed E-state index contributed by atoms with van der Waals surface area (Å²) in [5.74, 6) is -1.05. The molecular weight excluding hydrogens is 424 g/mol. The molecule has 4 N–H and O–H groups in total. The Morgan fingerprint density at radius 3 is 2.67 bits per heavy atom. The van der Waals surface area contributed by atoms with Gasteiger partial charge in [-0.15, -0.1) is 0 Å². The molecule has 0 aliphatic carbocycles. The maximum absolute atomic E-state index is 13.1. The van der Waals surface area contributed by atoms with Crippen LogP contribution in [0.5, 0.6) is 5.75 Å². The highest BCUT2D eigenvalue weighted by atomic mass is 16.5. The minimum atomic E-state index is -0.776. The maximum atomic E-state index is 13.1. The molecule has 1 aliphatic rings. The number of pyridine rings is 1. The average molecular weight is 448 g/mol. The number of carbonyl (C=O) groups is 2. The summed E-state index contributed by atoms with van der Waals surface area (Å²) in [4.78, 5) is 39.1. The fourth-order valence-corrected chi connectivity index (χ4v) is 3.86. The number of nitrogens with one attached hydrogen (secondary N) is 1. The number of hydrogen-bond acceptors (Lipinski definition) is 8. The van der Waals surface area contributed by atoms with Crippen LogP contribution in [0.4, 0.5) is 17.2 Å². The molecule has 3 heterocycles. The van der Waals surface area contributed by atoms with Crippen LogP contribution in [0.1, 0.15) is 23.3 Å². The standard InChI is InChI=1S/C23H24N6O4/c1-33-19-5-3-2-4-15(19)16-13-26-21(24)20(27-16)22(30)28-17-12-25-9-6-18(17)29-10-7-14(8-11-29)23(31)32/h2-6,9,12-14H,7-8,10-11H2,1H3,(H2,24,26)(H,28,30)(H,31,32). The molecule has 0 saturated carbocycles. The average Bonchev–Trinajstić information content (AvgIpc) is 2.84. The van der Waals surface area contributed by atoms with Crippen molar-refractivity contribution in [3.63, 3.8) is 0 Å². The first-order valence-corrected chi connectivity index (χ1v) is 10.5. The van der Waals surface area contributed by atoms with E-state index in [0.29, 0.717) is 48.6 Å². The monoisotopic (exact) mass is 448 g/mol. The molecule has 0 unspecified atom stereocenters. The number of rotatable bonds is 6. The van der Waals surface area contributed by atoms with Gasteiger partial charge in [0.2, 0.25) is 0 Å². The van der Waals surface area contributed by atoms with Gasteiger partial charge in [0.05, 0.1) is 42.5 Å². The van der Waals surface area contributed by atoms with Crippen molar-refractivity contribution < 1.29 is 19.4 Å². The van der Waals surface area contributed by atoms with Crippen LogP contribution in [0, 0.1) is 5.92 Å². The Kier molecular flexibility index (Phi) is 6.34. The van der Waals surface area contributed by atoms with E-state index < -0.39 is 11.9 Å².